The summed E-state index contributed by atoms with van der Waals surface area (Å²) in [4.78, 5) is 2.25. The molecule has 35 heavy (non-hydrogen) atoms. The molecule has 1 saturated heterocycles. The van der Waals surface area contributed by atoms with E-state index in [1.807, 2.05) is 89.6 Å². The number of hydrogen-bond donors (Lipinski definition) is 0. The second-order valence-electron chi connectivity index (χ2n) is 7.97. The molecule has 184 valence electrons. The molecule has 3 aromatic carbocycles. The summed E-state index contributed by atoms with van der Waals surface area (Å²) >= 11 is 13.3. The van der Waals surface area contributed by atoms with Crippen molar-refractivity contribution in [2.45, 2.75) is 0 Å². The van der Waals surface area contributed by atoms with Crippen LogP contribution in [-0.4, -0.2) is 38.0 Å². The number of rotatable bonds is 7. The van der Waals surface area contributed by atoms with Crippen molar-refractivity contribution in [1.29, 1.82) is 0 Å². The molecule has 0 amide bonds. The van der Waals surface area contributed by atoms with E-state index >= 15 is 0 Å². The van der Waals surface area contributed by atoms with Gasteiger partial charge < -0.3 is 9.64 Å². The van der Waals surface area contributed by atoms with Gasteiger partial charge >= 0.3 is 0 Å². The quantitative estimate of drug-likeness (QED) is 0.280. The minimum absolute atomic E-state index is 0. The molecule has 8 heteroatoms. The van der Waals surface area contributed by atoms with Crippen molar-refractivity contribution in [3.05, 3.63) is 108 Å². The van der Waals surface area contributed by atoms with E-state index in [9.17, 15) is 4.57 Å². The van der Waals surface area contributed by atoms with Crippen molar-refractivity contribution in [2.75, 3.05) is 38.2 Å². The van der Waals surface area contributed by atoms with Gasteiger partial charge in [0.15, 0.2) is 7.29 Å². The van der Waals surface area contributed by atoms with E-state index in [1.54, 1.807) is 18.7 Å². The molecule has 1 heterocycles. The van der Waals surface area contributed by atoms with Gasteiger partial charge in [0.1, 0.15) is 5.75 Å². The van der Waals surface area contributed by atoms with Crippen LogP contribution in [0.2, 0.25) is 0 Å². The summed E-state index contributed by atoms with van der Waals surface area (Å²) in [5, 5.41) is 0.898. The van der Waals surface area contributed by atoms with Crippen LogP contribution in [0, 0.1) is 0 Å². The molecule has 0 spiro atoms. The van der Waals surface area contributed by atoms with E-state index < -0.39 is 7.29 Å². The Morgan fingerprint density at radius 1 is 0.771 bits per heavy atom. The molecule has 0 saturated carbocycles. The molecule has 0 radical (unpaired) electrons. The molecule has 4 nitrogen and oxygen atoms in total. The fourth-order valence-corrected chi connectivity index (χ4v) is 7.25. The zero-order valence-corrected chi connectivity index (χ0v) is 22.6. The predicted octanol–water partition coefficient (Wildman–Crippen LogP) is 7.99. The third-order valence-electron chi connectivity index (χ3n) is 5.82. The summed E-state index contributed by atoms with van der Waals surface area (Å²) in [6.45, 7) is 2.61. The number of anilines is 1. The van der Waals surface area contributed by atoms with Gasteiger partial charge in [0.2, 0.25) is 0 Å². The lowest BCUT2D eigenvalue weighted by Gasteiger charge is -2.38. The van der Waals surface area contributed by atoms with E-state index in [1.165, 1.54) is 0 Å². The van der Waals surface area contributed by atoms with Crippen molar-refractivity contribution in [1.82, 2.24) is 4.67 Å². The van der Waals surface area contributed by atoms with Gasteiger partial charge in [-0.3, -0.25) is 4.57 Å². The topological polar surface area (TPSA) is 32.8 Å². The molecule has 4 rings (SSSR count). The Bertz CT molecular complexity index is 1150. The number of ether oxygens (including phenoxy) is 1. The molecule has 1 aliphatic heterocycles. The Hall–Kier alpha value is -2.20. The summed E-state index contributed by atoms with van der Waals surface area (Å²) < 4.78 is 22.0. The van der Waals surface area contributed by atoms with Gasteiger partial charge in [-0.1, -0.05) is 96.0 Å². The summed E-state index contributed by atoms with van der Waals surface area (Å²) in [6, 6.07) is 27.1. The fourth-order valence-electron chi connectivity index (χ4n) is 4.01. The van der Waals surface area contributed by atoms with Gasteiger partial charge in [-0.25, -0.2) is 4.67 Å². The van der Waals surface area contributed by atoms with E-state index in [0.29, 0.717) is 36.2 Å². The Labute approximate surface area is 223 Å². The standard InChI is InChI=1S/C27H27Cl2N2O2P.ClH/c1-33-27-15-9-8-14-26(27)30-16-18-31(19-17-30)34(32,20-24(28)22-10-4-2-5-11-22)21-25(29)23-12-6-3-7-13-23;/h2-15,20-21H,16-19H2,1H3;1H/b24-20-,25-21+;. The molecule has 1 unspecified atom stereocenters. The minimum atomic E-state index is -3.19. The highest BCUT2D eigenvalue weighted by atomic mass is 35.5. The van der Waals surface area contributed by atoms with Crippen LogP contribution < -0.4 is 9.64 Å². The number of para-hydroxylation sites is 2. The van der Waals surface area contributed by atoms with E-state index in [-0.39, 0.29) is 12.4 Å². The maximum atomic E-state index is 14.5. The van der Waals surface area contributed by atoms with Gasteiger partial charge in [-0.05, 0) is 23.3 Å². The number of nitrogens with zero attached hydrogens (tertiary/aromatic N) is 2. The van der Waals surface area contributed by atoms with E-state index in [2.05, 4.69) is 4.90 Å². The van der Waals surface area contributed by atoms with Crippen LogP contribution in [0.5, 0.6) is 5.75 Å². The maximum absolute atomic E-state index is 14.5. The van der Waals surface area contributed by atoms with Crippen molar-refractivity contribution >= 4 is 58.7 Å². The minimum Gasteiger partial charge on any atom is -0.495 e. The zero-order chi connectivity index (χ0) is 24.0. The number of hydrogen-bond acceptors (Lipinski definition) is 3. The van der Waals surface area contributed by atoms with Crippen molar-refractivity contribution in [2.24, 2.45) is 0 Å². The van der Waals surface area contributed by atoms with Crippen molar-refractivity contribution < 1.29 is 9.30 Å². The number of methoxy groups -OCH3 is 1. The Morgan fingerprint density at radius 2 is 1.23 bits per heavy atom. The normalized spacial score (nSPS) is 16.8. The van der Waals surface area contributed by atoms with Gasteiger partial charge in [0.25, 0.3) is 0 Å². The highest BCUT2D eigenvalue weighted by molar-refractivity contribution is 7.68. The van der Waals surface area contributed by atoms with E-state index in [0.717, 1.165) is 22.6 Å². The summed E-state index contributed by atoms with van der Waals surface area (Å²) in [5.74, 6) is 4.18. The van der Waals surface area contributed by atoms with Crippen LogP contribution in [-0.2, 0) is 4.57 Å². The van der Waals surface area contributed by atoms with Crippen LogP contribution in [0.4, 0.5) is 5.69 Å². The molecule has 0 N–H and O–H groups in total. The smallest absolute Gasteiger partial charge is 0.196 e. The van der Waals surface area contributed by atoms with Crippen LogP contribution in [0.25, 0.3) is 10.1 Å². The molecular formula is C27H28Cl3N2O2P. The lowest BCUT2D eigenvalue weighted by Crippen LogP contribution is -2.44. The molecule has 3 aromatic rings. The first-order valence-electron chi connectivity index (χ1n) is 11.1. The first-order valence-corrected chi connectivity index (χ1v) is 13.7. The average Bonchev–Trinajstić information content (AvgIpc) is 2.89. The van der Waals surface area contributed by atoms with Gasteiger partial charge in [-0.2, -0.15) is 0 Å². The van der Waals surface area contributed by atoms with Crippen molar-refractivity contribution in [3.8, 4) is 5.75 Å². The highest BCUT2D eigenvalue weighted by Gasteiger charge is 2.31. The summed E-state index contributed by atoms with van der Waals surface area (Å²) in [6.07, 6.45) is 0. The Balaban J connectivity index is 0.00000342. The maximum Gasteiger partial charge on any atom is 0.196 e. The van der Waals surface area contributed by atoms with Gasteiger partial charge in [-0.15, -0.1) is 12.4 Å². The SMILES string of the molecule is COc1ccccc1N1CCN(P(=O)(/C=C(\Cl)c2ccccc2)/C=C(/Cl)c2ccccc2)CC1.Cl. The summed E-state index contributed by atoms with van der Waals surface area (Å²) in [5.41, 5.74) is 2.68. The van der Waals surface area contributed by atoms with Crippen LogP contribution in [0.15, 0.2) is 96.6 Å². The Kier molecular flexibility index (Phi) is 9.91. The van der Waals surface area contributed by atoms with Crippen LogP contribution >= 0.6 is 42.9 Å². The number of piperazine rings is 1. The Morgan fingerprint density at radius 3 is 1.71 bits per heavy atom. The third-order valence-corrected chi connectivity index (χ3v) is 9.32. The van der Waals surface area contributed by atoms with Crippen LogP contribution in [0.3, 0.4) is 0 Å². The third kappa shape index (κ3) is 6.73. The summed E-state index contributed by atoms with van der Waals surface area (Å²) in [7, 11) is -1.51. The molecular weight excluding hydrogens is 522 g/mol. The van der Waals surface area contributed by atoms with Crippen LogP contribution in [0.1, 0.15) is 11.1 Å². The second kappa shape index (κ2) is 12.7. The highest BCUT2D eigenvalue weighted by Crippen LogP contribution is 2.57. The number of halogens is 3. The number of benzene rings is 3. The molecule has 0 bridgehead atoms. The first kappa shape index (κ1) is 27.4. The van der Waals surface area contributed by atoms with Gasteiger partial charge in [0.05, 0.1) is 22.9 Å². The predicted molar refractivity (Wildman–Crippen MR) is 152 cm³/mol. The first-order chi connectivity index (χ1) is 16.5. The van der Waals surface area contributed by atoms with Crippen molar-refractivity contribution in [3.63, 3.8) is 0 Å². The molecule has 1 fully saturated rings. The fraction of sp³-hybridized carbons (Fsp3) is 0.185. The second-order valence-corrected chi connectivity index (χ2v) is 11.2. The molecule has 0 aromatic heterocycles. The lowest BCUT2D eigenvalue weighted by molar-refractivity contribution is 0.384. The van der Waals surface area contributed by atoms with Gasteiger partial charge in [0, 0.05) is 37.8 Å². The largest absolute Gasteiger partial charge is 0.495 e. The monoisotopic (exact) mass is 548 g/mol. The average molecular weight is 550 g/mol. The zero-order valence-electron chi connectivity index (χ0n) is 19.4. The molecule has 1 atom stereocenters. The lowest BCUT2D eigenvalue weighted by atomic mass is 10.2. The van der Waals surface area contributed by atoms with E-state index in [4.69, 9.17) is 27.9 Å². The molecule has 0 aliphatic carbocycles. The molecule has 1 aliphatic rings.